The van der Waals surface area contributed by atoms with Crippen molar-refractivity contribution in [3.05, 3.63) is 18.0 Å². The fourth-order valence-electron chi connectivity index (χ4n) is 0.563. The number of hydrogen-bond acceptors (Lipinski definition) is 4. The minimum absolute atomic E-state index is 0.371. The van der Waals surface area contributed by atoms with Crippen molar-refractivity contribution in [2.45, 2.75) is 0 Å². The van der Waals surface area contributed by atoms with Crippen LogP contribution in [0, 0.1) is 0 Å². The molecule has 0 atom stereocenters. The SMILES string of the molecule is NS(=O)(=O)n1ccc(C(=O)O)n1. The van der Waals surface area contributed by atoms with Gasteiger partial charge in [-0.25, -0.2) is 9.93 Å². The molecule has 0 spiro atoms. The first kappa shape index (κ1) is 8.68. The zero-order valence-corrected chi connectivity index (χ0v) is 6.52. The van der Waals surface area contributed by atoms with Crippen molar-refractivity contribution in [3.8, 4) is 0 Å². The Hall–Kier alpha value is -1.41. The van der Waals surface area contributed by atoms with Crippen LogP contribution >= 0.6 is 0 Å². The number of nitrogens with zero attached hydrogens (tertiary/aromatic N) is 2. The summed E-state index contributed by atoms with van der Waals surface area (Å²) in [4.78, 5) is 10.2. The smallest absolute Gasteiger partial charge is 0.356 e. The molecule has 0 aliphatic heterocycles. The molecule has 0 unspecified atom stereocenters. The van der Waals surface area contributed by atoms with Crippen molar-refractivity contribution in [1.29, 1.82) is 0 Å². The summed E-state index contributed by atoms with van der Waals surface area (Å²) in [6.07, 6.45) is 0.957. The monoisotopic (exact) mass is 191 g/mol. The topological polar surface area (TPSA) is 115 Å². The van der Waals surface area contributed by atoms with E-state index in [2.05, 4.69) is 10.2 Å². The predicted octanol–water partition coefficient (Wildman–Crippen LogP) is -1.37. The number of aromatic carboxylic acids is 1. The van der Waals surface area contributed by atoms with Crippen LogP contribution in [0.25, 0.3) is 0 Å². The highest BCUT2D eigenvalue weighted by molar-refractivity contribution is 7.87. The van der Waals surface area contributed by atoms with E-state index in [9.17, 15) is 13.2 Å². The van der Waals surface area contributed by atoms with Crippen LogP contribution in [0.4, 0.5) is 0 Å². The molecular weight excluding hydrogens is 186 g/mol. The van der Waals surface area contributed by atoms with Crippen LogP contribution in [-0.2, 0) is 10.2 Å². The van der Waals surface area contributed by atoms with Gasteiger partial charge in [0.25, 0.3) is 0 Å². The van der Waals surface area contributed by atoms with Gasteiger partial charge in [-0.3, -0.25) is 0 Å². The fourth-order valence-corrected chi connectivity index (χ4v) is 0.995. The number of nitrogens with two attached hydrogens (primary N) is 1. The van der Waals surface area contributed by atoms with Crippen LogP contribution in [-0.4, -0.2) is 28.7 Å². The molecule has 1 heterocycles. The van der Waals surface area contributed by atoms with E-state index in [1.54, 1.807) is 0 Å². The Bertz CT molecular complexity index is 406. The molecule has 3 N–H and O–H groups in total. The zero-order valence-electron chi connectivity index (χ0n) is 5.71. The molecule has 0 amide bonds. The van der Waals surface area contributed by atoms with Crippen molar-refractivity contribution >= 4 is 16.2 Å². The molecule has 1 rings (SSSR count). The van der Waals surface area contributed by atoms with E-state index in [0.29, 0.717) is 4.09 Å². The number of carboxylic acid groups (broad SMARTS) is 1. The maximum Gasteiger partial charge on any atom is 0.356 e. The Balaban J connectivity index is 3.17. The quantitative estimate of drug-likeness (QED) is 0.598. The minimum Gasteiger partial charge on any atom is -0.476 e. The van der Waals surface area contributed by atoms with E-state index in [4.69, 9.17) is 5.11 Å². The highest BCUT2D eigenvalue weighted by Gasteiger charge is 2.11. The second-order valence-electron chi connectivity index (χ2n) is 1.92. The lowest BCUT2D eigenvalue weighted by molar-refractivity contribution is 0.0690. The number of aromatic nitrogens is 2. The highest BCUT2D eigenvalue weighted by atomic mass is 32.2. The number of carboxylic acids is 1. The van der Waals surface area contributed by atoms with E-state index in [-0.39, 0.29) is 5.69 Å². The van der Waals surface area contributed by atoms with E-state index >= 15 is 0 Å². The third kappa shape index (κ3) is 1.60. The molecule has 66 valence electrons. The Kier molecular flexibility index (Phi) is 1.86. The second kappa shape index (κ2) is 2.57. The fraction of sp³-hybridized carbons (Fsp3) is 0. The molecule has 0 aromatic carbocycles. The third-order valence-corrected chi connectivity index (χ3v) is 1.77. The summed E-state index contributed by atoms with van der Waals surface area (Å²) in [5, 5.41) is 16.2. The largest absolute Gasteiger partial charge is 0.476 e. The molecule has 0 saturated carbocycles. The van der Waals surface area contributed by atoms with Crippen molar-refractivity contribution in [3.63, 3.8) is 0 Å². The van der Waals surface area contributed by atoms with Gasteiger partial charge in [0.1, 0.15) is 0 Å². The van der Waals surface area contributed by atoms with Gasteiger partial charge in [0, 0.05) is 6.20 Å². The summed E-state index contributed by atoms with van der Waals surface area (Å²) in [6.45, 7) is 0. The Morgan fingerprint density at radius 1 is 1.67 bits per heavy atom. The molecule has 0 radical (unpaired) electrons. The van der Waals surface area contributed by atoms with Crippen molar-refractivity contribution < 1.29 is 18.3 Å². The van der Waals surface area contributed by atoms with E-state index in [1.165, 1.54) is 0 Å². The average Bonchev–Trinajstić information content (AvgIpc) is 2.30. The third-order valence-electron chi connectivity index (χ3n) is 1.05. The number of carbonyl (C=O) groups is 1. The Morgan fingerprint density at radius 2 is 2.25 bits per heavy atom. The Morgan fingerprint density at radius 3 is 2.50 bits per heavy atom. The van der Waals surface area contributed by atoms with E-state index in [1.807, 2.05) is 0 Å². The molecule has 12 heavy (non-hydrogen) atoms. The number of hydrogen-bond donors (Lipinski definition) is 2. The summed E-state index contributed by atoms with van der Waals surface area (Å²) in [7, 11) is -3.97. The molecule has 7 nitrogen and oxygen atoms in total. The van der Waals surface area contributed by atoms with Crippen LogP contribution in [0.1, 0.15) is 10.5 Å². The molecule has 0 bridgehead atoms. The highest BCUT2D eigenvalue weighted by Crippen LogP contribution is 1.96. The summed E-state index contributed by atoms with van der Waals surface area (Å²) < 4.78 is 21.5. The average molecular weight is 191 g/mol. The molecule has 0 fully saturated rings. The molecule has 1 aromatic rings. The zero-order chi connectivity index (χ0) is 9.35. The first-order valence-electron chi connectivity index (χ1n) is 2.73. The number of rotatable bonds is 2. The van der Waals surface area contributed by atoms with Crippen LogP contribution < -0.4 is 5.14 Å². The van der Waals surface area contributed by atoms with Gasteiger partial charge in [-0.15, -0.1) is 5.10 Å². The lowest BCUT2D eigenvalue weighted by atomic mass is 10.5. The van der Waals surface area contributed by atoms with Gasteiger partial charge in [0.15, 0.2) is 5.69 Å². The van der Waals surface area contributed by atoms with Gasteiger partial charge in [-0.1, -0.05) is 0 Å². The molecule has 0 aliphatic carbocycles. The standard InChI is InChI=1S/C4H5N3O4S/c5-12(10,11)7-2-1-3(6-7)4(8)9/h1-2H,(H,8,9)(H2,5,10,11). The Labute approximate surface area is 67.6 Å². The normalized spacial score (nSPS) is 11.4. The van der Waals surface area contributed by atoms with Gasteiger partial charge in [-0.05, 0) is 6.07 Å². The second-order valence-corrected chi connectivity index (χ2v) is 3.33. The van der Waals surface area contributed by atoms with Gasteiger partial charge < -0.3 is 5.11 Å². The van der Waals surface area contributed by atoms with Gasteiger partial charge in [0.2, 0.25) is 0 Å². The van der Waals surface area contributed by atoms with Crippen molar-refractivity contribution in [2.75, 3.05) is 0 Å². The molecule has 8 heteroatoms. The summed E-state index contributed by atoms with van der Waals surface area (Å²) in [5.41, 5.74) is -0.371. The van der Waals surface area contributed by atoms with Gasteiger partial charge in [-0.2, -0.15) is 12.5 Å². The minimum atomic E-state index is -3.97. The molecule has 1 aromatic heterocycles. The first-order valence-corrected chi connectivity index (χ1v) is 4.24. The van der Waals surface area contributed by atoms with Crippen molar-refractivity contribution in [1.82, 2.24) is 9.19 Å². The molecule has 0 aliphatic rings. The summed E-state index contributed by atoms with van der Waals surface area (Å²) >= 11 is 0. The molecule has 0 saturated heterocycles. The lowest BCUT2D eigenvalue weighted by Crippen LogP contribution is -2.22. The van der Waals surface area contributed by atoms with Crippen LogP contribution in [0.5, 0.6) is 0 Å². The van der Waals surface area contributed by atoms with Crippen molar-refractivity contribution in [2.24, 2.45) is 5.14 Å². The van der Waals surface area contributed by atoms with Crippen LogP contribution in [0.15, 0.2) is 12.3 Å². The van der Waals surface area contributed by atoms with Gasteiger partial charge >= 0.3 is 16.2 Å². The van der Waals surface area contributed by atoms with E-state index < -0.39 is 16.2 Å². The molecular formula is C4H5N3O4S. The lowest BCUT2D eigenvalue weighted by Gasteiger charge is -1.93. The summed E-state index contributed by atoms with van der Waals surface area (Å²) in [6, 6.07) is 1.03. The first-order chi connectivity index (χ1) is 5.41. The predicted molar refractivity (Wildman–Crippen MR) is 37.7 cm³/mol. The van der Waals surface area contributed by atoms with Crippen LogP contribution in [0.2, 0.25) is 0 Å². The van der Waals surface area contributed by atoms with Crippen LogP contribution in [0.3, 0.4) is 0 Å². The van der Waals surface area contributed by atoms with Gasteiger partial charge in [0.05, 0.1) is 0 Å². The van der Waals surface area contributed by atoms with E-state index in [0.717, 1.165) is 12.3 Å². The maximum absolute atomic E-state index is 10.6. The summed E-state index contributed by atoms with van der Waals surface area (Å²) in [5.74, 6) is -1.31. The maximum atomic E-state index is 10.6.